The number of fused-ring (bicyclic) bond motifs is 1. The third-order valence-electron chi connectivity index (χ3n) is 3.94. The minimum atomic E-state index is -0.399. The van der Waals surface area contributed by atoms with Gasteiger partial charge in [0.1, 0.15) is 12.2 Å². The third-order valence-corrected chi connectivity index (χ3v) is 3.94. The van der Waals surface area contributed by atoms with E-state index in [9.17, 15) is 10.1 Å². The van der Waals surface area contributed by atoms with Gasteiger partial charge in [0.15, 0.2) is 17.4 Å². The largest absolute Gasteiger partial charge is 0.378 e. The molecule has 0 saturated carbocycles. The second-order valence-corrected chi connectivity index (χ2v) is 5.87. The van der Waals surface area contributed by atoms with Crippen molar-refractivity contribution >= 4 is 23.0 Å². The Bertz CT molecular complexity index is 969. The van der Waals surface area contributed by atoms with E-state index in [0.717, 1.165) is 11.5 Å². The maximum atomic E-state index is 11.0. The molecule has 28 heavy (non-hydrogen) atoms. The summed E-state index contributed by atoms with van der Waals surface area (Å²) in [4.78, 5) is 15.2. The van der Waals surface area contributed by atoms with Gasteiger partial charge >= 0.3 is 0 Å². The number of nitro groups is 1. The van der Waals surface area contributed by atoms with Crippen molar-refractivity contribution in [2.75, 3.05) is 25.0 Å². The van der Waals surface area contributed by atoms with Crippen LogP contribution in [0.2, 0.25) is 0 Å². The van der Waals surface area contributed by atoms with E-state index in [0.29, 0.717) is 37.8 Å². The number of aliphatic imine (C=N–C) groups is 1. The Morgan fingerprint density at radius 3 is 2.79 bits per heavy atom. The average molecular weight is 382 g/mol. The Balaban J connectivity index is 1.56. The van der Waals surface area contributed by atoms with E-state index in [1.54, 1.807) is 18.2 Å². The van der Waals surface area contributed by atoms with Gasteiger partial charge in [-0.05, 0) is 25.1 Å². The summed E-state index contributed by atoms with van der Waals surface area (Å²) in [5.41, 5.74) is 1.33. The number of guanidine groups is 1. The number of anilines is 1. The molecular weight excluding hydrogens is 360 g/mol. The van der Waals surface area contributed by atoms with Crippen molar-refractivity contribution in [3.8, 4) is 0 Å². The number of pyridine rings is 1. The van der Waals surface area contributed by atoms with Crippen molar-refractivity contribution in [3.63, 3.8) is 0 Å². The standard InChI is InChI=1S/C18H22N8O2/c1-2-19-18(22-13-17-24-23-16-9-5-6-12-25(16)17)21-11-10-20-14-7-3-4-8-15(14)26(27)28/h3-9,12,20H,2,10-11,13H2,1H3,(H2,19,21,22). The van der Waals surface area contributed by atoms with Gasteiger partial charge in [0, 0.05) is 31.9 Å². The summed E-state index contributed by atoms with van der Waals surface area (Å²) in [7, 11) is 0. The molecule has 0 aliphatic carbocycles. The first-order valence-electron chi connectivity index (χ1n) is 8.97. The van der Waals surface area contributed by atoms with Gasteiger partial charge in [0.25, 0.3) is 5.69 Å². The molecule has 1 aromatic carbocycles. The summed E-state index contributed by atoms with van der Waals surface area (Å²) in [6.07, 6.45) is 1.90. The topological polar surface area (TPSA) is 122 Å². The lowest BCUT2D eigenvalue weighted by Gasteiger charge is -2.12. The van der Waals surface area contributed by atoms with Crippen molar-refractivity contribution < 1.29 is 4.92 Å². The summed E-state index contributed by atoms with van der Waals surface area (Å²) >= 11 is 0. The van der Waals surface area contributed by atoms with Gasteiger partial charge in [-0.15, -0.1) is 10.2 Å². The van der Waals surface area contributed by atoms with Crippen LogP contribution in [0.4, 0.5) is 11.4 Å². The van der Waals surface area contributed by atoms with Gasteiger partial charge < -0.3 is 16.0 Å². The van der Waals surface area contributed by atoms with Gasteiger partial charge in [0.05, 0.1) is 4.92 Å². The highest BCUT2D eigenvalue weighted by molar-refractivity contribution is 5.79. The fourth-order valence-corrected chi connectivity index (χ4v) is 2.65. The molecule has 0 aliphatic rings. The van der Waals surface area contributed by atoms with Crippen LogP contribution in [0, 0.1) is 10.1 Å². The van der Waals surface area contributed by atoms with E-state index in [4.69, 9.17) is 0 Å². The van der Waals surface area contributed by atoms with Crippen molar-refractivity contribution in [3.05, 3.63) is 64.6 Å². The zero-order valence-electron chi connectivity index (χ0n) is 15.5. The summed E-state index contributed by atoms with van der Waals surface area (Å²) in [5, 5.41) is 28.8. The fourth-order valence-electron chi connectivity index (χ4n) is 2.65. The van der Waals surface area contributed by atoms with Crippen LogP contribution in [-0.4, -0.2) is 45.1 Å². The molecule has 0 bridgehead atoms. The molecule has 10 nitrogen and oxygen atoms in total. The minimum absolute atomic E-state index is 0.0572. The van der Waals surface area contributed by atoms with Crippen LogP contribution in [0.1, 0.15) is 12.7 Å². The first-order valence-corrected chi connectivity index (χ1v) is 8.97. The molecule has 0 fully saturated rings. The maximum absolute atomic E-state index is 11.0. The average Bonchev–Trinajstić information content (AvgIpc) is 3.12. The molecule has 0 spiro atoms. The number of para-hydroxylation sites is 2. The Hall–Kier alpha value is -3.69. The van der Waals surface area contributed by atoms with Crippen molar-refractivity contribution in [1.82, 2.24) is 25.2 Å². The SMILES string of the molecule is CCNC(=NCc1nnc2ccccn12)NCCNc1ccccc1[N+](=O)[O-]. The van der Waals surface area contributed by atoms with Crippen LogP contribution in [0.25, 0.3) is 5.65 Å². The summed E-state index contributed by atoms with van der Waals surface area (Å²) < 4.78 is 1.89. The zero-order chi connectivity index (χ0) is 19.8. The van der Waals surface area contributed by atoms with Crippen LogP contribution in [-0.2, 0) is 6.54 Å². The monoisotopic (exact) mass is 382 g/mol. The highest BCUT2D eigenvalue weighted by Gasteiger charge is 2.11. The maximum Gasteiger partial charge on any atom is 0.292 e. The molecule has 0 saturated heterocycles. The van der Waals surface area contributed by atoms with Crippen molar-refractivity contribution in [1.29, 1.82) is 0 Å². The molecule has 2 aromatic heterocycles. The predicted molar refractivity (Wildman–Crippen MR) is 107 cm³/mol. The second kappa shape index (κ2) is 9.31. The summed E-state index contributed by atoms with van der Waals surface area (Å²) in [6, 6.07) is 12.3. The van der Waals surface area contributed by atoms with E-state index < -0.39 is 4.92 Å². The quantitative estimate of drug-likeness (QED) is 0.178. The summed E-state index contributed by atoms with van der Waals surface area (Å²) in [5.74, 6) is 1.38. The third kappa shape index (κ3) is 4.72. The highest BCUT2D eigenvalue weighted by atomic mass is 16.6. The number of nitrogens with zero attached hydrogens (tertiary/aromatic N) is 5. The number of hydrogen-bond donors (Lipinski definition) is 3. The van der Waals surface area contributed by atoms with E-state index in [2.05, 4.69) is 31.1 Å². The first kappa shape index (κ1) is 19.1. The van der Waals surface area contributed by atoms with Crippen molar-refractivity contribution in [2.24, 2.45) is 4.99 Å². The van der Waals surface area contributed by atoms with Gasteiger partial charge in [-0.3, -0.25) is 14.5 Å². The van der Waals surface area contributed by atoms with E-state index in [1.807, 2.05) is 35.7 Å². The Morgan fingerprint density at radius 2 is 1.96 bits per heavy atom. The van der Waals surface area contributed by atoms with E-state index >= 15 is 0 Å². The number of benzene rings is 1. The molecule has 0 radical (unpaired) electrons. The molecule has 3 N–H and O–H groups in total. The molecule has 0 aliphatic heterocycles. The van der Waals surface area contributed by atoms with Crippen LogP contribution >= 0.6 is 0 Å². The number of nitro benzene ring substituents is 1. The highest BCUT2D eigenvalue weighted by Crippen LogP contribution is 2.22. The normalized spacial score (nSPS) is 11.4. The molecule has 3 rings (SSSR count). The molecule has 0 amide bonds. The minimum Gasteiger partial charge on any atom is -0.378 e. The van der Waals surface area contributed by atoms with Crippen LogP contribution in [0.15, 0.2) is 53.7 Å². The molecule has 0 atom stereocenters. The molecule has 3 aromatic rings. The lowest BCUT2D eigenvalue weighted by Crippen LogP contribution is -2.39. The Labute approximate surface area is 161 Å². The second-order valence-electron chi connectivity index (χ2n) is 5.87. The Kier molecular flexibility index (Phi) is 6.34. The fraction of sp³-hybridized carbons (Fsp3) is 0.278. The molecule has 146 valence electrons. The smallest absolute Gasteiger partial charge is 0.292 e. The molecule has 2 heterocycles. The molecule has 10 heteroatoms. The molecule has 0 unspecified atom stereocenters. The lowest BCUT2D eigenvalue weighted by molar-refractivity contribution is -0.384. The van der Waals surface area contributed by atoms with E-state index in [1.165, 1.54) is 6.07 Å². The summed E-state index contributed by atoms with van der Waals surface area (Å²) in [6.45, 7) is 4.11. The van der Waals surface area contributed by atoms with Gasteiger partial charge in [-0.25, -0.2) is 4.99 Å². The number of hydrogen-bond acceptors (Lipinski definition) is 6. The first-order chi connectivity index (χ1) is 13.7. The number of rotatable bonds is 8. The van der Waals surface area contributed by atoms with E-state index in [-0.39, 0.29) is 5.69 Å². The lowest BCUT2D eigenvalue weighted by atomic mass is 10.2. The van der Waals surface area contributed by atoms with Crippen LogP contribution in [0.3, 0.4) is 0 Å². The van der Waals surface area contributed by atoms with Gasteiger partial charge in [0.2, 0.25) is 0 Å². The predicted octanol–water partition coefficient (Wildman–Crippen LogP) is 1.80. The van der Waals surface area contributed by atoms with Crippen LogP contribution < -0.4 is 16.0 Å². The van der Waals surface area contributed by atoms with Gasteiger partial charge in [-0.1, -0.05) is 18.2 Å². The van der Waals surface area contributed by atoms with Crippen LogP contribution in [0.5, 0.6) is 0 Å². The molecular formula is C18H22N8O2. The van der Waals surface area contributed by atoms with Crippen molar-refractivity contribution in [2.45, 2.75) is 13.5 Å². The van der Waals surface area contributed by atoms with Gasteiger partial charge in [-0.2, -0.15) is 0 Å². The Morgan fingerprint density at radius 1 is 1.14 bits per heavy atom. The number of nitrogens with one attached hydrogen (secondary N) is 3. The number of aromatic nitrogens is 3. The zero-order valence-corrected chi connectivity index (χ0v) is 15.5.